The van der Waals surface area contributed by atoms with Gasteiger partial charge in [-0.25, -0.2) is 10.8 Å². The summed E-state index contributed by atoms with van der Waals surface area (Å²) in [5, 5.41) is 0.846. The second-order valence-electron chi connectivity index (χ2n) is 5.34. The lowest BCUT2D eigenvalue weighted by molar-refractivity contribution is 1.19. The Bertz CT molecular complexity index is 1010. The Morgan fingerprint density at radius 3 is 2.33 bits per heavy atom. The Labute approximate surface area is 143 Å². The molecule has 2 heterocycles. The Morgan fingerprint density at radius 1 is 0.833 bits per heavy atom. The summed E-state index contributed by atoms with van der Waals surface area (Å²) in [5.74, 6) is 6.29. The standard InChI is InChI=1S/C18H15N5S/c19-18-21-14-7-6-12(10-13(14)17(22-18)23-20)16-9-8-15(24-16)11-4-2-1-3-5-11/h1-10H,20H2,(H3,19,21,22,23). The number of hydrogen-bond donors (Lipinski definition) is 3. The summed E-state index contributed by atoms with van der Waals surface area (Å²) >= 11 is 1.75. The van der Waals surface area contributed by atoms with Crippen LogP contribution in [0.4, 0.5) is 11.8 Å². The van der Waals surface area contributed by atoms with E-state index in [0.29, 0.717) is 5.82 Å². The van der Waals surface area contributed by atoms with Crippen LogP contribution in [0, 0.1) is 0 Å². The number of anilines is 2. The molecule has 24 heavy (non-hydrogen) atoms. The van der Waals surface area contributed by atoms with Gasteiger partial charge >= 0.3 is 0 Å². The zero-order valence-electron chi connectivity index (χ0n) is 12.7. The fourth-order valence-electron chi connectivity index (χ4n) is 2.66. The van der Waals surface area contributed by atoms with Gasteiger partial charge < -0.3 is 11.2 Å². The molecular formula is C18H15N5S. The number of rotatable bonds is 3. The number of nitrogens with one attached hydrogen (secondary N) is 1. The molecule has 0 atom stereocenters. The highest BCUT2D eigenvalue weighted by Gasteiger charge is 2.09. The number of nitrogens with zero attached hydrogens (tertiary/aromatic N) is 2. The van der Waals surface area contributed by atoms with Crippen LogP contribution in [0.15, 0.2) is 60.7 Å². The molecule has 6 heteroatoms. The molecule has 5 N–H and O–H groups in total. The fraction of sp³-hybridized carbons (Fsp3) is 0. The molecule has 5 nitrogen and oxygen atoms in total. The molecule has 0 aliphatic rings. The maximum atomic E-state index is 5.70. The second-order valence-corrected chi connectivity index (χ2v) is 6.42. The predicted octanol–water partition coefficient (Wildman–Crippen LogP) is 3.89. The molecule has 0 unspecified atom stereocenters. The van der Waals surface area contributed by atoms with Crippen molar-refractivity contribution in [1.29, 1.82) is 0 Å². The summed E-state index contributed by atoms with van der Waals surface area (Å²) in [6.07, 6.45) is 0. The first kappa shape index (κ1) is 14.6. The molecule has 2 aromatic heterocycles. The summed E-state index contributed by atoms with van der Waals surface area (Å²) < 4.78 is 0. The van der Waals surface area contributed by atoms with Crippen LogP contribution >= 0.6 is 11.3 Å². The summed E-state index contributed by atoms with van der Waals surface area (Å²) in [5.41, 5.74) is 11.4. The number of thiophene rings is 1. The molecule has 2 aromatic carbocycles. The first-order valence-electron chi connectivity index (χ1n) is 7.44. The molecule has 118 valence electrons. The molecule has 0 radical (unpaired) electrons. The van der Waals surface area contributed by atoms with E-state index in [9.17, 15) is 0 Å². The minimum absolute atomic E-state index is 0.200. The van der Waals surface area contributed by atoms with E-state index in [2.05, 4.69) is 39.7 Å². The van der Waals surface area contributed by atoms with Crippen LogP contribution in [-0.4, -0.2) is 9.97 Å². The van der Waals surface area contributed by atoms with E-state index in [1.54, 1.807) is 11.3 Å². The first-order chi connectivity index (χ1) is 11.7. The van der Waals surface area contributed by atoms with Crippen LogP contribution in [0.25, 0.3) is 31.8 Å². The predicted molar refractivity (Wildman–Crippen MR) is 101 cm³/mol. The Kier molecular flexibility index (Phi) is 3.60. The SMILES string of the molecule is NNc1nc(N)nc2ccc(-c3ccc(-c4ccccc4)s3)cc12. The molecule has 0 bridgehead atoms. The van der Waals surface area contributed by atoms with Gasteiger partial charge in [-0.2, -0.15) is 4.98 Å². The van der Waals surface area contributed by atoms with Gasteiger partial charge in [0, 0.05) is 15.1 Å². The maximum Gasteiger partial charge on any atom is 0.222 e. The lowest BCUT2D eigenvalue weighted by Crippen LogP contribution is -2.11. The lowest BCUT2D eigenvalue weighted by atomic mass is 10.1. The summed E-state index contributed by atoms with van der Waals surface area (Å²) in [6, 6.07) is 20.6. The molecule has 0 spiro atoms. The van der Waals surface area contributed by atoms with E-state index in [4.69, 9.17) is 11.6 Å². The molecule has 0 saturated carbocycles. The van der Waals surface area contributed by atoms with Crippen LogP contribution in [0.2, 0.25) is 0 Å². The summed E-state index contributed by atoms with van der Waals surface area (Å²) in [4.78, 5) is 10.8. The third kappa shape index (κ3) is 2.58. The monoisotopic (exact) mass is 333 g/mol. The van der Waals surface area contributed by atoms with E-state index >= 15 is 0 Å². The first-order valence-corrected chi connectivity index (χ1v) is 8.26. The van der Waals surface area contributed by atoms with Gasteiger partial charge in [0.1, 0.15) is 0 Å². The molecule has 0 saturated heterocycles. The molecule has 0 aliphatic heterocycles. The Morgan fingerprint density at radius 2 is 1.58 bits per heavy atom. The second kappa shape index (κ2) is 5.92. The smallest absolute Gasteiger partial charge is 0.222 e. The van der Waals surface area contributed by atoms with Gasteiger partial charge in [0.2, 0.25) is 5.95 Å². The zero-order chi connectivity index (χ0) is 16.5. The fourth-order valence-corrected chi connectivity index (χ4v) is 3.67. The number of aromatic nitrogens is 2. The molecule has 0 fully saturated rings. The largest absolute Gasteiger partial charge is 0.368 e. The van der Waals surface area contributed by atoms with Crippen LogP contribution in [0.3, 0.4) is 0 Å². The van der Waals surface area contributed by atoms with Gasteiger partial charge in [-0.05, 0) is 35.4 Å². The van der Waals surface area contributed by atoms with Gasteiger partial charge in [0.05, 0.1) is 5.52 Å². The van der Waals surface area contributed by atoms with Crippen LogP contribution in [0.5, 0.6) is 0 Å². The topological polar surface area (TPSA) is 89.8 Å². The highest BCUT2D eigenvalue weighted by atomic mass is 32.1. The van der Waals surface area contributed by atoms with E-state index in [1.165, 1.54) is 15.3 Å². The molecule has 0 aliphatic carbocycles. The van der Waals surface area contributed by atoms with Crippen LogP contribution in [0.1, 0.15) is 0 Å². The van der Waals surface area contributed by atoms with E-state index < -0.39 is 0 Å². The van der Waals surface area contributed by atoms with Crippen molar-refractivity contribution in [2.45, 2.75) is 0 Å². The Hall–Kier alpha value is -2.96. The number of hydrazine groups is 1. The van der Waals surface area contributed by atoms with Crippen molar-refractivity contribution >= 4 is 34.0 Å². The van der Waals surface area contributed by atoms with Gasteiger partial charge in [-0.1, -0.05) is 36.4 Å². The van der Waals surface area contributed by atoms with Gasteiger partial charge in [0.15, 0.2) is 5.82 Å². The highest BCUT2D eigenvalue weighted by Crippen LogP contribution is 2.36. The van der Waals surface area contributed by atoms with Gasteiger partial charge in [-0.15, -0.1) is 11.3 Å². The number of hydrogen-bond acceptors (Lipinski definition) is 6. The quantitative estimate of drug-likeness (QED) is 0.391. The lowest BCUT2D eigenvalue weighted by Gasteiger charge is -2.07. The van der Waals surface area contributed by atoms with Crippen LogP contribution in [-0.2, 0) is 0 Å². The molecular weight excluding hydrogens is 318 g/mol. The van der Waals surface area contributed by atoms with E-state index in [0.717, 1.165) is 16.5 Å². The van der Waals surface area contributed by atoms with E-state index in [1.807, 2.05) is 36.4 Å². The van der Waals surface area contributed by atoms with Gasteiger partial charge in [0.25, 0.3) is 0 Å². The van der Waals surface area contributed by atoms with Crippen molar-refractivity contribution in [2.75, 3.05) is 11.2 Å². The van der Waals surface area contributed by atoms with E-state index in [-0.39, 0.29) is 5.95 Å². The van der Waals surface area contributed by atoms with Crippen molar-refractivity contribution in [2.24, 2.45) is 5.84 Å². The van der Waals surface area contributed by atoms with Gasteiger partial charge in [-0.3, -0.25) is 0 Å². The normalized spacial score (nSPS) is 10.9. The third-order valence-electron chi connectivity index (χ3n) is 3.80. The zero-order valence-corrected chi connectivity index (χ0v) is 13.5. The van der Waals surface area contributed by atoms with Crippen LogP contribution < -0.4 is 17.0 Å². The Balaban J connectivity index is 1.80. The van der Waals surface area contributed by atoms with Crippen molar-refractivity contribution in [3.8, 4) is 20.9 Å². The van der Waals surface area contributed by atoms with Crippen molar-refractivity contribution in [1.82, 2.24) is 9.97 Å². The van der Waals surface area contributed by atoms with Crippen molar-refractivity contribution in [3.63, 3.8) is 0 Å². The minimum Gasteiger partial charge on any atom is -0.368 e. The maximum absolute atomic E-state index is 5.70. The average Bonchev–Trinajstić information content (AvgIpc) is 3.11. The molecule has 4 aromatic rings. The summed E-state index contributed by atoms with van der Waals surface area (Å²) in [7, 11) is 0. The molecule has 0 amide bonds. The number of fused-ring (bicyclic) bond motifs is 1. The van der Waals surface area contributed by atoms with Crippen molar-refractivity contribution in [3.05, 3.63) is 60.7 Å². The number of nitrogens with two attached hydrogens (primary N) is 2. The summed E-state index contributed by atoms with van der Waals surface area (Å²) in [6.45, 7) is 0. The number of benzene rings is 2. The third-order valence-corrected chi connectivity index (χ3v) is 4.98. The van der Waals surface area contributed by atoms with Crippen molar-refractivity contribution < 1.29 is 0 Å². The highest BCUT2D eigenvalue weighted by molar-refractivity contribution is 7.18. The average molecular weight is 333 g/mol. The number of nitrogen functional groups attached to an aromatic ring is 2. The minimum atomic E-state index is 0.200. The molecule has 4 rings (SSSR count).